The second-order valence-electron chi connectivity index (χ2n) is 3.48. The van der Waals surface area contributed by atoms with E-state index in [9.17, 15) is 0 Å². The molecule has 0 radical (unpaired) electrons. The Morgan fingerprint density at radius 1 is 1.25 bits per heavy atom. The fourth-order valence-corrected chi connectivity index (χ4v) is 2.83. The first-order valence-electron chi connectivity index (χ1n) is 4.88. The molecule has 1 aliphatic rings. The number of likely N-dealkylation sites (tertiary alicyclic amines) is 1. The van der Waals surface area contributed by atoms with Gasteiger partial charge in [0.25, 0.3) is 0 Å². The molecule has 0 aromatic rings. The van der Waals surface area contributed by atoms with Gasteiger partial charge < -0.3 is 5.73 Å². The van der Waals surface area contributed by atoms with Crippen molar-refractivity contribution in [3.8, 4) is 0 Å². The second kappa shape index (κ2) is 6.16. The van der Waals surface area contributed by atoms with Crippen LogP contribution in [0.15, 0.2) is 0 Å². The maximum atomic E-state index is 5.58. The summed E-state index contributed by atoms with van der Waals surface area (Å²) >= 11 is 2.48. The summed E-state index contributed by atoms with van der Waals surface area (Å²) in [6.45, 7) is 3.44. The predicted octanol–water partition coefficient (Wildman–Crippen LogP) is 1.62. The molecule has 2 nitrogen and oxygen atoms in total. The largest absolute Gasteiger partial charge is 0.330 e. The zero-order chi connectivity index (χ0) is 8.81. The highest BCUT2D eigenvalue weighted by molar-refractivity contribution is 14.1. The summed E-state index contributed by atoms with van der Waals surface area (Å²) in [4.78, 5) is 2.61. The summed E-state index contributed by atoms with van der Waals surface area (Å²) in [6, 6.07) is 0.746. The Labute approximate surface area is 89.0 Å². The SMILES string of the molecule is NCCC(CI)N1CCCCC1. The Balaban J connectivity index is 2.29. The first-order valence-corrected chi connectivity index (χ1v) is 6.41. The van der Waals surface area contributed by atoms with Gasteiger partial charge in [-0.2, -0.15) is 0 Å². The molecule has 0 amide bonds. The highest BCUT2D eigenvalue weighted by Gasteiger charge is 2.18. The van der Waals surface area contributed by atoms with Crippen LogP contribution in [-0.4, -0.2) is 35.0 Å². The number of hydrogen-bond donors (Lipinski definition) is 1. The van der Waals surface area contributed by atoms with E-state index >= 15 is 0 Å². The van der Waals surface area contributed by atoms with Crippen LogP contribution in [0.3, 0.4) is 0 Å². The van der Waals surface area contributed by atoms with E-state index in [-0.39, 0.29) is 0 Å². The van der Waals surface area contributed by atoms with E-state index < -0.39 is 0 Å². The lowest BCUT2D eigenvalue weighted by Crippen LogP contribution is -2.41. The lowest BCUT2D eigenvalue weighted by atomic mass is 10.1. The normalized spacial score (nSPS) is 22.5. The molecule has 72 valence electrons. The van der Waals surface area contributed by atoms with Gasteiger partial charge in [0.15, 0.2) is 0 Å². The van der Waals surface area contributed by atoms with Crippen LogP contribution in [0.2, 0.25) is 0 Å². The van der Waals surface area contributed by atoms with E-state index in [1.165, 1.54) is 43.2 Å². The van der Waals surface area contributed by atoms with Gasteiger partial charge in [-0.05, 0) is 38.9 Å². The molecular weight excluding hydrogens is 263 g/mol. The first kappa shape index (κ1) is 10.7. The van der Waals surface area contributed by atoms with Crippen LogP contribution >= 0.6 is 22.6 Å². The topological polar surface area (TPSA) is 29.3 Å². The number of nitrogens with two attached hydrogens (primary N) is 1. The molecule has 3 heteroatoms. The van der Waals surface area contributed by atoms with Gasteiger partial charge in [-0.3, -0.25) is 4.90 Å². The maximum Gasteiger partial charge on any atom is 0.0197 e. The number of nitrogens with zero attached hydrogens (tertiary/aromatic N) is 1. The molecule has 1 atom stereocenters. The van der Waals surface area contributed by atoms with Gasteiger partial charge in [-0.1, -0.05) is 29.0 Å². The molecule has 1 fully saturated rings. The van der Waals surface area contributed by atoms with E-state index in [1.807, 2.05) is 0 Å². The Kier molecular flexibility index (Phi) is 5.50. The number of hydrogen-bond acceptors (Lipinski definition) is 2. The lowest BCUT2D eigenvalue weighted by molar-refractivity contribution is 0.173. The average Bonchev–Trinajstić information content (AvgIpc) is 2.15. The third-order valence-electron chi connectivity index (χ3n) is 2.59. The molecule has 2 N–H and O–H groups in total. The summed E-state index contributed by atoms with van der Waals surface area (Å²) in [5, 5.41) is 0. The van der Waals surface area contributed by atoms with E-state index in [4.69, 9.17) is 5.73 Å². The summed E-state index contributed by atoms with van der Waals surface area (Å²) < 4.78 is 1.23. The number of piperidine rings is 1. The molecule has 1 heterocycles. The summed E-state index contributed by atoms with van der Waals surface area (Å²) in [6.07, 6.45) is 5.37. The summed E-state index contributed by atoms with van der Waals surface area (Å²) in [5.74, 6) is 0. The van der Waals surface area contributed by atoms with Gasteiger partial charge in [-0.25, -0.2) is 0 Å². The van der Waals surface area contributed by atoms with Crippen molar-refractivity contribution >= 4 is 22.6 Å². The fraction of sp³-hybridized carbons (Fsp3) is 1.00. The molecule has 0 spiro atoms. The smallest absolute Gasteiger partial charge is 0.0197 e. The minimum Gasteiger partial charge on any atom is -0.330 e. The maximum absolute atomic E-state index is 5.58. The molecule has 0 aromatic carbocycles. The summed E-state index contributed by atoms with van der Waals surface area (Å²) in [5.41, 5.74) is 5.58. The molecule has 0 bridgehead atoms. The third kappa shape index (κ3) is 3.18. The average molecular weight is 282 g/mol. The van der Waals surface area contributed by atoms with Crippen LogP contribution in [0.1, 0.15) is 25.7 Å². The zero-order valence-corrected chi connectivity index (χ0v) is 9.79. The first-order chi connectivity index (χ1) is 5.88. The van der Waals surface area contributed by atoms with Gasteiger partial charge in [-0.15, -0.1) is 0 Å². The quantitative estimate of drug-likeness (QED) is 0.627. The van der Waals surface area contributed by atoms with Crippen molar-refractivity contribution in [3.05, 3.63) is 0 Å². The molecule has 0 saturated carbocycles. The van der Waals surface area contributed by atoms with Crippen molar-refractivity contribution in [3.63, 3.8) is 0 Å². The Morgan fingerprint density at radius 2 is 1.92 bits per heavy atom. The van der Waals surface area contributed by atoms with Crippen LogP contribution in [0.4, 0.5) is 0 Å². The Hall–Kier alpha value is 0.650. The standard InChI is InChI=1S/C9H19IN2/c10-8-9(4-5-11)12-6-2-1-3-7-12/h9H,1-8,11H2. The molecule has 0 aromatic heterocycles. The monoisotopic (exact) mass is 282 g/mol. The van der Waals surface area contributed by atoms with Gasteiger partial charge in [0.05, 0.1) is 0 Å². The Morgan fingerprint density at radius 3 is 2.42 bits per heavy atom. The molecule has 1 unspecified atom stereocenters. The van der Waals surface area contributed by atoms with Crippen LogP contribution in [-0.2, 0) is 0 Å². The van der Waals surface area contributed by atoms with Gasteiger partial charge in [0, 0.05) is 10.5 Å². The highest BCUT2D eigenvalue weighted by atomic mass is 127. The van der Waals surface area contributed by atoms with E-state index in [0.717, 1.165) is 12.6 Å². The van der Waals surface area contributed by atoms with E-state index in [2.05, 4.69) is 27.5 Å². The number of halogens is 1. The summed E-state index contributed by atoms with van der Waals surface area (Å²) in [7, 11) is 0. The lowest BCUT2D eigenvalue weighted by Gasteiger charge is -2.33. The van der Waals surface area contributed by atoms with Crippen LogP contribution in [0.5, 0.6) is 0 Å². The molecule has 1 saturated heterocycles. The van der Waals surface area contributed by atoms with Gasteiger partial charge in [0.1, 0.15) is 0 Å². The third-order valence-corrected chi connectivity index (χ3v) is 3.60. The Bertz CT molecular complexity index is 110. The van der Waals surface area contributed by atoms with Gasteiger partial charge in [0.2, 0.25) is 0 Å². The second-order valence-corrected chi connectivity index (χ2v) is 4.36. The van der Waals surface area contributed by atoms with E-state index in [1.54, 1.807) is 0 Å². The molecule has 12 heavy (non-hydrogen) atoms. The van der Waals surface area contributed by atoms with Crippen molar-refractivity contribution in [1.82, 2.24) is 4.90 Å². The molecule has 0 aliphatic carbocycles. The molecule has 1 rings (SSSR count). The minimum absolute atomic E-state index is 0.746. The molecule has 1 aliphatic heterocycles. The number of rotatable bonds is 4. The van der Waals surface area contributed by atoms with Crippen LogP contribution < -0.4 is 5.73 Å². The van der Waals surface area contributed by atoms with Crippen molar-refractivity contribution < 1.29 is 0 Å². The van der Waals surface area contributed by atoms with Crippen LogP contribution in [0.25, 0.3) is 0 Å². The van der Waals surface area contributed by atoms with E-state index in [0.29, 0.717) is 0 Å². The molecular formula is C9H19IN2. The minimum atomic E-state index is 0.746. The van der Waals surface area contributed by atoms with Crippen molar-refractivity contribution in [2.24, 2.45) is 5.73 Å². The fourth-order valence-electron chi connectivity index (χ4n) is 1.83. The highest BCUT2D eigenvalue weighted by Crippen LogP contribution is 2.15. The van der Waals surface area contributed by atoms with Crippen LogP contribution in [0, 0.1) is 0 Å². The number of alkyl halides is 1. The zero-order valence-electron chi connectivity index (χ0n) is 7.64. The predicted molar refractivity (Wildman–Crippen MR) is 61.8 cm³/mol. The van der Waals surface area contributed by atoms with Crippen molar-refractivity contribution in [2.45, 2.75) is 31.7 Å². The van der Waals surface area contributed by atoms with Crippen molar-refractivity contribution in [1.29, 1.82) is 0 Å². The van der Waals surface area contributed by atoms with Crippen molar-refractivity contribution in [2.75, 3.05) is 24.1 Å². The van der Waals surface area contributed by atoms with Gasteiger partial charge >= 0.3 is 0 Å².